The predicted octanol–water partition coefficient (Wildman–Crippen LogP) is 21.4. The van der Waals surface area contributed by atoms with E-state index >= 15 is 0 Å². The molecule has 0 aliphatic heterocycles. The van der Waals surface area contributed by atoms with Gasteiger partial charge in [0.05, 0.1) is 25.4 Å². The van der Waals surface area contributed by atoms with Crippen LogP contribution in [-0.2, 0) is 14.3 Å². The van der Waals surface area contributed by atoms with Crippen LogP contribution in [0.25, 0.3) is 0 Å². The van der Waals surface area contributed by atoms with E-state index in [1.165, 1.54) is 302 Å². The number of carbonyl (C=O) groups is 2. The Labute approximate surface area is 462 Å². The highest BCUT2D eigenvalue weighted by molar-refractivity contribution is 5.76. The molecule has 2 atom stereocenters. The highest BCUT2D eigenvalue weighted by Gasteiger charge is 2.18. The quantitative estimate of drug-likeness (QED) is 0.0320. The minimum absolute atomic E-state index is 0.0116. The second-order valence-corrected chi connectivity index (χ2v) is 23.2. The Bertz CT molecular complexity index is 1150. The summed E-state index contributed by atoms with van der Waals surface area (Å²) in [6, 6.07) is -0.624. The molecule has 0 fully saturated rings. The van der Waals surface area contributed by atoms with Gasteiger partial charge >= 0.3 is 5.97 Å². The molecule has 0 bridgehead atoms. The second-order valence-electron chi connectivity index (χ2n) is 23.2. The van der Waals surface area contributed by atoms with Crippen LogP contribution < -0.4 is 5.32 Å². The summed E-state index contributed by atoms with van der Waals surface area (Å²) in [7, 11) is 0. The summed E-state index contributed by atoms with van der Waals surface area (Å²) >= 11 is 0. The minimum atomic E-state index is -0.841. The molecular weight excluding hydrogens is 911 g/mol. The smallest absolute Gasteiger partial charge is 0.305 e. The maximum atomic E-state index is 12.5. The number of amides is 1. The molecule has 0 saturated carbocycles. The van der Waals surface area contributed by atoms with Crippen LogP contribution in [0, 0.1) is 0 Å². The summed E-state index contributed by atoms with van der Waals surface area (Å²) in [5.74, 6) is -0.0515. The first-order valence-corrected chi connectivity index (χ1v) is 33.6. The Morgan fingerprint density at radius 1 is 0.365 bits per heavy atom. The molecule has 0 aliphatic rings. The molecule has 0 spiro atoms. The lowest BCUT2D eigenvalue weighted by molar-refractivity contribution is -0.143. The van der Waals surface area contributed by atoms with Crippen LogP contribution in [-0.4, -0.2) is 47.4 Å². The lowest BCUT2D eigenvalue weighted by Crippen LogP contribution is -2.45. The number of hydrogen-bond donors (Lipinski definition) is 3. The fraction of sp³-hybridized carbons (Fsp3) is 0.912. The molecule has 74 heavy (non-hydrogen) atoms. The fourth-order valence-electron chi connectivity index (χ4n) is 10.6. The van der Waals surface area contributed by atoms with Crippen LogP contribution in [0.15, 0.2) is 24.3 Å². The van der Waals surface area contributed by atoms with Gasteiger partial charge in [0.15, 0.2) is 0 Å². The van der Waals surface area contributed by atoms with E-state index in [0.717, 1.165) is 44.9 Å². The predicted molar refractivity (Wildman–Crippen MR) is 324 cm³/mol. The Hall–Kier alpha value is -1.66. The molecule has 438 valence electrons. The zero-order valence-corrected chi connectivity index (χ0v) is 50.1. The zero-order chi connectivity index (χ0) is 53.6. The van der Waals surface area contributed by atoms with Crippen molar-refractivity contribution >= 4 is 11.9 Å². The minimum Gasteiger partial charge on any atom is -0.466 e. The van der Waals surface area contributed by atoms with Crippen LogP contribution in [0.1, 0.15) is 373 Å². The lowest BCUT2D eigenvalue weighted by Gasteiger charge is -2.20. The molecule has 1 amide bonds. The summed E-state index contributed by atoms with van der Waals surface area (Å²) in [6.45, 7) is 4.92. The van der Waals surface area contributed by atoms with Crippen molar-refractivity contribution in [1.29, 1.82) is 0 Å². The average Bonchev–Trinajstić information content (AvgIpc) is 3.40. The molecule has 0 heterocycles. The van der Waals surface area contributed by atoms with Crippen molar-refractivity contribution in [2.24, 2.45) is 0 Å². The van der Waals surface area contributed by atoms with E-state index in [9.17, 15) is 19.8 Å². The monoisotopic (exact) mass is 1040 g/mol. The van der Waals surface area contributed by atoms with Crippen molar-refractivity contribution in [2.45, 2.75) is 386 Å². The maximum Gasteiger partial charge on any atom is 0.305 e. The van der Waals surface area contributed by atoms with Crippen molar-refractivity contribution in [3.05, 3.63) is 24.3 Å². The van der Waals surface area contributed by atoms with E-state index in [2.05, 4.69) is 31.3 Å². The molecule has 0 aromatic heterocycles. The molecule has 2 unspecified atom stereocenters. The van der Waals surface area contributed by atoms with Gasteiger partial charge in [0.25, 0.3) is 0 Å². The van der Waals surface area contributed by atoms with E-state index in [1.807, 2.05) is 6.08 Å². The molecule has 0 aromatic rings. The van der Waals surface area contributed by atoms with Gasteiger partial charge in [-0.3, -0.25) is 9.59 Å². The van der Waals surface area contributed by atoms with Gasteiger partial charge in [-0.25, -0.2) is 0 Å². The second kappa shape index (κ2) is 63.9. The number of aliphatic hydroxyl groups excluding tert-OH is 2. The molecule has 0 aromatic carbocycles. The van der Waals surface area contributed by atoms with E-state index in [1.54, 1.807) is 6.08 Å². The number of aliphatic hydroxyl groups is 2. The zero-order valence-electron chi connectivity index (χ0n) is 50.1. The van der Waals surface area contributed by atoms with Gasteiger partial charge in [-0.2, -0.15) is 0 Å². The molecule has 3 N–H and O–H groups in total. The maximum absolute atomic E-state index is 12.5. The van der Waals surface area contributed by atoms with Crippen LogP contribution in [0.4, 0.5) is 0 Å². The van der Waals surface area contributed by atoms with Crippen molar-refractivity contribution in [1.82, 2.24) is 5.32 Å². The first-order valence-electron chi connectivity index (χ1n) is 33.6. The van der Waals surface area contributed by atoms with Gasteiger partial charge in [0, 0.05) is 12.8 Å². The van der Waals surface area contributed by atoms with Gasteiger partial charge in [-0.05, 0) is 57.8 Å². The normalized spacial score (nSPS) is 12.6. The number of allylic oxidation sites excluding steroid dienone is 3. The largest absolute Gasteiger partial charge is 0.466 e. The first kappa shape index (κ1) is 72.3. The van der Waals surface area contributed by atoms with E-state index < -0.39 is 12.1 Å². The summed E-state index contributed by atoms with van der Waals surface area (Å²) in [4.78, 5) is 24.5. The van der Waals surface area contributed by atoms with Crippen molar-refractivity contribution in [3.63, 3.8) is 0 Å². The van der Waals surface area contributed by atoms with Gasteiger partial charge in [0.1, 0.15) is 0 Å². The average molecular weight is 1040 g/mol. The van der Waals surface area contributed by atoms with Crippen molar-refractivity contribution in [2.75, 3.05) is 13.2 Å². The number of carbonyl (C=O) groups excluding carboxylic acids is 2. The summed E-state index contributed by atoms with van der Waals surface area (Å²) in [5, 5.41) is 23.1. The summed E-state index contributed by atoms with van der Waals surface area (Å²) in [5.41, 5.74) is 0. The Balaban J connectivity index is 3.34. The third kappa shape index (κ3) is 59.6. The fourth-order valence-corrected chi connectivity index (χ4v) is 10.6. The molecular formula is C68H131NO5. The van der Waals surface area contributed by atoms with Crippen LogP contribution in [0.3, 0.4) is 0 Å². The lowest BCUT2D eigenvalue weighted by atomic mass is 10.0. The van der Waals surface area contributed by atoms with Crippen molar-refractivity contribution < 1.29 is 24.5 Å². The summed E-state index contributed by atoms with van der Waals surface area (Å²) < 4.78 is 5.49. The third-order valence-corrected chi connectivity index (χ3v) is 15.7. The molecule has 0 saturated heterocycles. The number of nitrogens with one attached hydrogen (secondary N) is 1. The molecule has 0 aliphatic carbocycles. The van der Waals surface area contributed by atoms with E-state index in [-0.39, 0.29) is 18.5 Å². The number of hydrogen-bond acceptors (Lipinski definition) is 5. The highest BCUT2D eigenvalue weighted by atomic mass is 16.5. The molecule has 6 heteroatoms. The summed E-state index contributed by atoms with van der Waals surface area (Å²) in [6.07, 6.45) is 79.6. The van der Waals surface area contributed by atoms with E-state index in [4.69, 9.17) is 4.74 Å². The number of esters is 1. The van der Waals surface area contributed by atoms with Gasteiger partial charge < -0.3 is 20.3 Å². The van der Waals surface area contributed by atoms with Gasteiger partial charge in [-0.15, -0.1) is 0 Å². The Morgan fingerprint density at radius 3 is 0.959 bits per heavy atom. The molecule has 0 rings (SSSR count). The number of ether oxygens (including phenoxy) is 1. The molecule has 6 nitrogen and oxygen atoms in total. The Kier molecular flexibility index (Phi) is 62.4. The number of rotatable bonds is 63. The van der Waals surface area contributed by atoms with Crippen molar-refractivity contribution in [3.8, 4) is 0 Å². The van der Waals surface area contributed by atoms with Crippen LogP contribution >= 0.6 is 0 Å². The standard InChI is InChI=1S/C68H131NO5/c1-3-5-7-9-11-13-15-17-33-38-42-46-50-54-58-62-68(73)74-63-59-55-51-47-43-39-35-32-30-28-26-24-22-20-18-19-21-23-25-27-29-31-34-37-41-45-49-53-57-61-67(72)69-65(64-70)66(71)60-56-52-48-44-40-36-16-14-12-10-8-6-4-2/h17,33,56,60,65-66,70-71H,3-16,18-32,34-55,57-59,61-64H2,1-2H3,(H,69,72)/b33-17-,60-56+. The molecule has 0 radical (unpaired) electrons. The topological polar surface area (TPSA) is 95.9 Å². The number of unbranched alkanes of at least 4 members (excludes halogenated alkanes) is 50. The SMILES string of the molecule is CCCCCCCC/C=C\CCCCCCCC(=O)OCCCCCCCCCCCCCCCCCCCCCCCCCCCCCCCC(=O)NC(CO)C(O)/C=C/CCCCCCCCCCCCC. The first-order chi connectivity index (χ1) is 36.5. The Morgan fingerprint density at radius 2 is 0.635 bits per heavy atom. The third-order valence-electron chi connectivity index (χ3n) is 15.7. The van der Waals surface area contributed by atoms with Gasteiger partial charge in [-0.1, -0.05) is 327 Å². The highest BCUT2D eigenvalue weighted by Crippen LogP contribution is 2.18. The van der Waals surface area contributed by atoms with Crippen LogP contribution in [0.5, 0.6) is 0 Å². The van der Waals surface area contributed by atoms with Crippen LogP contribution in [0.2, 0.25) is 0 Å². The van der Waals surface area contributed by atoms with Gasteiger partial charge in [0.2, 0.25) is 5.91 Å². The van der Waals surface area contributed by atoms with E-state index in [0.29, 0.717) is 19.4 Å².